The van der Waals surface area contributed by atoms with Gasteiger partial charge in [-0.25, -0.2) is 4.39 Å². The smallest absolute Gasteiger partial charge is 0.237 e. The van der Waals surface area contributed by atoms with Crippen molar-refractivity contribution in [2.24, 2.45) is 0 Å². The molecule has 4 nitrogen and oxygen atoms in total. The van der Waals surface area contributed by atoms with E-state index in [1.807, 2.05) is 0 Å². The minimum absolute atomic E-state index is 0.000734. The number of hydrogen-bond donors (Lipinski definition) is 0. The number of aromatic nitrogens is 2. The summed E-state index contributed by atoms with van der Waals surface area (Å²) in [6, 6.07) is 4.20. The monoisotopic (exact) mass is 280 g/mol. The minimum atomic E-state index is -0.500. The number of carbonyl (C=O) groups excluding carboxylic acids is 1. The highest BCUT2D eigenvalue weighted by Crippen LogP contribution is 2.31. The van der Waals surface area contributed by atoms with Gasteiger partial charge in [0.15, 0.2) is 0 Å². The normalized spacial score (nSPS) is 19.1. The summed E-state index contributed by atoms with van der Waals surface area (Å²) in [5, 5.41) is 3.82. The van der Waals surface area contributed by atoms with Gasteiger partial charge in [-0.15, -0.1) is 0 Å². The van der Waals surface area contributed by atoms with E-state index >= 15 is 0 Å². The maximum Gasteiger partial charge on any atom is 0.237 e. The first-order valence-electron chi connectivity index (χ1n) is 5.97. The Labute approximate surface area is 113 Å². The highest BCUT2D eigenvalue weighted by Gasteiger charge is 2.31. The maximum absolute atomic E-state index is 13.1. The highest BCUT2D eigenvalue weighted by atomic mass is 35.5. The Bertz CT molecular complexity index is 641. The molecule has 1 aromatic heterocycles. The number of rotatable bonds is 2. The summed E-state index contributed by atoms with van der Waals surface area (Å²) in [5.41, 5.74) is 0.562. The fourth-order valence-corrected chi connectivity index (χ4v) is 2.39. The van der Waals surface area contributed by atoms with Crippen LogP contribution in [0, 0.1) is 5.82 Å². The van der Waals surface area contributed by atoms with Gasteiger partial charge in [0.1, 0.15) is 11.6 Å². The molecule has 0 aliphatic heterocycles. The summed E-state index contributed by atoms with van der Waals surface area (Å²) in [4.78, 5) is 15.8. The first kappa shape index (κ1) is 12.3. The predicted molar refractivity (Wildman–Crippen MR) is 66.3 cm³/mol. The lowest BCUT2D eigenvalue weighted by Gasteiger charge is -1.99. The van der Waals surface area contributed by atoms with Gasteiger partial charge in [0.25, 0.3) is 0 Å². The molecule has 98 valence electrons. The predicted octanol–water partition coefficient (Wildman–Crippen LogP) is 3.37. The molecule has 0 amide bonds. The summed E-state index contributed by atoms with van der Waals surface area (Å²) in [5.74, 6) is -0.0147. The Kier molecular flexibility index (Phi) is 3.06. The van der Waals surface area contributed by atoms with E-state index in [9.17, 15) is 9.18 Å². The molecule has 1 saturated carbocycles. The summed E-state index contributed by atoms with van der Waals surface area (Å²) in [6.45, 7) is 0. The van der Waals surface area contributed by atoms with Gasteiger partial charge < -0.3 is 4.52 Å². The lowest BCUT2D eigenvalue weighted by Crippen LogP contribution is -2.04. The van der Waals surface area contributed by atoms with Gasteiger partial charge in [-0.3, -0.25) is 4.79 Å². The van der Waals surface area contributed by atoms with Crippen LogP contribution in [-0.4, -0.2) is 15.9 Å². The van der Waals surface area contributed by atoms with Crippen LogP contribution in [0.4, 0.5) is 4.39 Å². The fourth-order valence-electron chi connectivity index (χ4n) is 2.21. The van der Waals surface area contributed by atoms with Crippen molar-refractivity contribution in [3.8, 4) is 11.4 Å². The third-order valence-electron chi connectivity index (χ3n) is 3.22. The Hall–Kier alpha value is -1.75. The first-order valence-corrected chi connectivity index (χ1v) is 6.34. The third kappa shape index (κ3) is 2.26. The first-order chi connectivity index (χ1) is 9.15. The van der Waals surface area contributed by atoms with Crippen LogP contribution in [0.3, 0.4) is 0 Å². The number of hydrogen-bond acceptors (Lipinski definition) is 4. The van der Waals surface area contributed by atoms with Crippen molar-refractivity contribution in [2.45, 2.75) is 25.2 Å². The molecule has 0 bridgehead atoms. The van der Waals surface area contributed by atoms with Crippen LogP contribution in [-0.2, 0) is 4.79 Å². The molecule has 1 atom stereocenters. The number of Topliss-reactive ketones (excluding diaryl/α,β-unsaturated/α-hetero) is 1. The lowest BCUT2D eigenvalue weighted by atomic mass is 10.1. The van der Waals surface area contributed by atoms with Gasteiger partial charge in [-0.05, 0) is 31.0 Å². The molecule has 6 heteroatoms. The second kappa shape index (κ2) is 4.74. The molecule has 1 aliphatic carbocycles. The highest BCUT2D eigenvalue weighted by molar-refractivity contribution is 6.31. The van der Waals surface area contributed by atoms with Crippen molar-refractivity contribution in [1.29, 1.82) is 0 Å². The van der Waals surface area contributed by atoms with Crippen molar-refractivity contribution in [1.82, 2.24) is 10.1 Å². The van der Waals surface area contributed by atoms with Gasteiger partial charge in [-0.2, -0.15) is 4.98 Å². The van der Waals surface area contributed by atoms with Gasteiger partial charge >= 0.3 is 0 Å². The second-order valence-electron chi connectivity index (χ2n) is 4.50. The molecule has 1 aliphatic rings. The van der Waals surface area contributed by atoms with Gasteiger partial charge in [0, 0.05) is 12.0 Å². The quantitative estimate of drug-likeness (QED) is 0.846. The van der Waals surface area contributed by atoms with E-state index in [1.165, 1.54) is 18.2 Å². The molecule has 1 aromatic carbocycles. The van der Waals surface area contributed by atoms with E-state index in [0.29, 0.717) is 23.7 Å². The molecule has 1 fully saturated rings. The Morgan fingerprint density at radius 3 is 2.95 bits per heavy atom. The largest absolute Gasteiger partial charge is 0.338 e. The maximum atomic E-state index is 13.1. The van der Waals surface area contributed by atoms with Gasteiger partial charge in [0.05, 0.1) is 10.9 Å². The molecule has 0 spiro atoms. The summed E-state index contributed by atoms with van der Waals surface area (Å²) >= 11 is 5.71. The van der Waals surface area contributed by atoms with E-state index in [4.69, 9.17) is 16.1 Å². The SMILES string of the molecule is O=C1CCCC1c1nc(-c2ccc(F)c(Cl)c2)no1. The van der Waals surface area contributed by atoms with Crippen LogP contribution >= 0.6 is 11.6 Å². The zero-order chi connectivity index (χ0) is 13.4. The minimum Gasteiger partial charge on any atom is -0.338 e. The Morgan fingerprint density at radius 1 is 1.42 bits per heavy atom. The molecule has 0 N–H and O–H groups in total. The molecular formula is C13H10ClFN2O2. The molecule has 1 unspecified atom stereocenters. The summed E-state index contributed by atoms with van der Waals surface area (Å²) < 4.78 is 18.2. The zero-order valence-corrected chi connectivity index (χ0v) is 10.7. The average Bonchev–Trinajstić information content (AvgIpc) is 3.01. The van der Waals surface area contributed by atoms with Crippen LogP contribution in [0.15, 0.2) is 22.7 Å². The van der Waals surface area contributed by atoms with E-state index in [1.54, 1.807) is 0 Å². The number of benzene rings is 1. The van der Waals surface area contributed by atoms with Gasteiger partial charge in [-0.1, -0.05) is 16.8 Å². The molecule has 3 rings (SSSR count). The molecule has 19 heavy (non-hydrogen) atoms. The van der Waals surface area contributed by atoms with Crippen molar-refractivity contribution < 1.29 is 13.7 Å². The van der Waals surface area contributed by atoms with Crippen LogP contribution in [0.1, 0.15) is 31.1 Å². The van der Waals surface area contributed by atoms with Gasteiger partial charge in [0.2, 0.25) is 11.7 Å². The van der Waals surface area contributed by atoms with Crippen LogP contribution in [0.2, 0.25) is 5.02 Å². The zero-order valence-electron chi connectivity index (χ0n) is 9.90. The van der Waals surface area contributed by atoms with E-state index in [-0.39, 0.29) is 16.7 Å². The summed E-state index contributed by atoms with van der Waals surface area (Å²) in [6.07, 6.45) is 2.15. The van der Waals surface area contributed by atoms with Crippen molar-refractivity contribution in [3.63, 3.8) is 0 Å². The molecular weight excluding hydrogens is 271 g/mol. The Balaban J connectivity index is 1.92. The second-order valence-corrected chi connectivity index (χ2v) is 4.90. The molecule has 1 heterocycles. The fraction of sp³-hybridized carbons (Fsp3) is 0.308. The van der Waals surface area contributed by atoms with Crippen LogP contribution < -0.4 is 0 Å². The topological polar surface area (TPSA) is 56.0 Å². The lowest BCUT2D eigenvalue weighted by molar-refractivity contribution is -0.119. The molecule has 0 radical (unpaired) electrons. The van der Waals surface area contributed by atoms with E-state index in [0.717, 1.165) is 12.8 Å². The summed E-state index contributed by atoms with van der Waals surface area (Å²) in [7, 11) is 0. The van der Waals surface area contributed by atoms with E-state index in [2.05, 4.69) is 10.1 Å². The van der Waals surface area contributed by atoms with Crippen molar-refractivity contribution >= 4 is 17.4 Å². The van der Waals surface area contributed by atoms with Crippen LogP contribution in [0.25, 0.3) is 11.4 Å². The standard InChI is InChI=1S/C13H10ClFN2O2/c14-9-6-7(4-5-10(9)15)12-16-13(19-17-12)8-2-1-3-11(8)18/h4-6,8H,1-3H2. The van der Waals surface area contributed by atoms with Crippen LogP contribution in [0.5, 0.6) is 0 Å². The number of ketones is 1. The van der Waals surface area contributed by atoms with Crippen molar-refractivity contribution in [2.75, 3.05) is 0 Å². The van der Waals surface area contributed by atoms with E-state index < -0.39 is 5.82 Å². The molecule has 0 saturated heterocycles. The average molecular weight is 281 g/mol. The van der Waals surface area contributed by atoms with Crippen molar-refractivity contribution in [3.05, 3.63) is 34.9 Å². The Morgan fingerprint density at radius 2 is 2.26 bits per heavy atom. The number of carbonyl (C=O) groups is 1. The number of halogens is 2. The third-order valence-corrected chi connectivity index (χ3v) is 3.51. The molecule has 2 aromatic rings. The number of nitrogens with zero attached hydrogens (tertiary/aromatic N) is 2.